The number of alkyl carbamates (subject to hydrolysis) is 1. The smallest absolute Gasteiger partial charge is 0.407 e. The molecule has 7 heteroatoms. The van der Waals surface area contributed by atoms with Crippen LogP contribution in [0.15, 0.2) is 48.5 Å². The molecule has 1 aliphatic rings. The molecular formula is C27H34N2O5. The summed E-state index contributed by atoms with van der Waals surface area (Å²) in [6.07, 6.45) is -0.0943. The first-order chi connectivity index (χ1) is 16.0. The van der Waals surface area contributed by atoms with Crippen molar-refractivity contribution in [3.63, 3.8) is 0 Å². The first-order valence-corrected chi connectivity index (χ1v) is 11.7. The van der Waals surface area contributed by atoms with Gasteiger partial charge in [-0.25, -0.2) is 9.59 Å². The van der Waals surface area contributed by atoms with E-state index in [0.29, 0.717) is 6.42 Å². The molecule has 0 radical (unpaired) electrons. The van der Waals surface area contributed by atoms with Crippen molar-refractivity contribution in [2.45, 2.75) is 52.5 Å². The largest absolute Gasteiger partial charge is 0.480 e. The normalized spacial score (nSPS) is 14.5. The fourth-order valence-electron chi connectivity index (χ4n) is 4.36. The van der Waals surface area contributed by atoms with Gasteiger partial charge in [0.25, 0.3) is 0 Å². The maximum atomic E-state index is 12.3. The second-order valence-electron chi connectivity index (χ2n) is 10.2. The number of carboxylic acid groups (broad SMARTS) is 1. The number of fused-ring (bicyclic) bond motifs is 3. The number of carboxylic acids is 1. The van der Waals surface area contributed by atoms with E-state index in [4.69, 9.17) is 4.74 Å². The van der Waals surface area contributed by atoms with Crippen molar-refractivity contribution in [1.82, 2.24) is 10.6 Å². The highest BCUT2D eigenvalue weighted by atomic mass is 16.5. The van der Waals surface area contributed by atoms with Crippen LogP contribution >= 0.6 is 0 Å². The SMILES string of the molecule is CC(CNC(=O)OCC1c2ccccc2-c2ccccc21)CC(=O)NC(CC(C)(C)C)C(=O)O. The zero-order valence-corrected chi connectivity index (χ0v) is 20.3. The van der Waals surface area contributed by atoms with E-state index in [1.54, 1.807) is 0 Å². The number of rotatable bonds is 9. The Morgan fingerprint density at radius 2 is 1.56 bits per heavy atom. The first kappa shape index (κ1) is 25.3. The molecule has 7 nitrogen and oxygen atoms in total. The number of aliphatic carboxylic acids is 1. The molecule has 2 amide bonds. The van der Waals surface area contributed by atoms with Crippen molar-refractivity contribution < 1.29 is 24.2 Å². The molecule has 0 fully saturated rings. The molecule has 1 aliphatic carbocycles. The van der Waals surface area contributed by atoms with Crippen LogP contribution in [0.1, 0.15) is 57.6 Å². The van der Waals surface area contributed by atoms with Gasteiger partial charge in [0, 0.05) is 18.9 Å². The summed E-state index contributed by atoms with van der Waals surface area (Å²) >= 11 is 0. The molecule has 182 valence electrons. The van der Waals surface area contributed by atoms with Crippen LogP contribution in [-0.2, 0) is 14.3 Å². The Hall–Kier alpha value is -3.35. The molecule has 2 unspecified atom stereocenters. The van der Waals surface area contributed by atoms with Crippen LogP contribution in [0.2, 0.25) is 0 Å². The molecule has 0 aliphatic heterocycles. The average Bonchev–Trinajstić information content (AvgIpc) is 3.08. The Labute approximate surface area is 200 Å². The van der Waals surface area contributed by atoms with Crippen molar-refractivity contribution in [2.75, 3.05) is 13.2 Å². The highest BCUT2D eigenvalue weighted by molar-refractivity contribution is 5.83. The fraction of sp³-hybridized carbons (Fsp3) is 0.444. The number of hydrogen-bond acceptors (Lipinski definition) is 4. The molecule has 0 saturated carbocycles. The van der Waals surface area contributed by atoms with E-state index in [9.17, 15) is 19.5 Å². The predicted molar refractivity (Wildman–Crippen MR) is 130 cm³/mol. The van der Waals surface area contributed by atoms with Crippen LogP contribution in [0, 0.1) is 11.3 Å². The van der Waals surface area contributed by atoms with Crippen LogP contribution < -0.4 is 10.6 Å². The van der Waals surface area contributed by atoms with Gasteiger partial charge in [-0.05, 0) is 40.0 Å². The molecule has 0 saturated heterocycles. The highest BCUT2D eigenvalue weighted by Crippen LogP contribution is 2.44. The van der Waals surface area contributed by atoms with Gasteiger partial charge in [0.1, 0.15) is 12.6 Å². The van der Waals surface area contributed by atoms with Gasteiger partial charge in [-0.1, -0.05) is 76.2 Å². The lowest BCUT2D eigenvalue weighted by Gasteiger charge is -2.24. The van der Waals surface area contributed by atoms with E-state index in [1.807, 2.05) is 52.0 Å². The Morgan fingerprint density at radius 1 is 1.00 bits per heavy atom. The minimum Gasteiger partial charge on any atom is -0.480 e. The van der Waals surface area contributed by atoms with Crippen LogP contribution in [0.5, 0.6) is 0 Å². The van der Waals surface area contributed by atoms with Crippen molar-refractivity contribution >= 4 is 18.0 Å². The van der Waals surface area contributed by atoms with Gasteiger partial charge in [0.05, 0.1) is 0 Å². The molecule has 34 heavy (non-hydrogen) atoms. The molecule has 0 aromatic heterocycles. The zero-order valence-electron chi connectivity index (χ0n) is 20.3. The van der Waals surface area contributed by atoms with Gasteiger partial charge in [0.2, 0.25) is 5.91 Å². The molecule has 2 aromatic carbocycles. The zero-order chi connectivity index (χ0) is 24.9. The van der Waals surface area contributed by atoms with Gasteiger partial charge in [-0.2, -0.15) is 0 Å². The first-order valence-electron chi connectivity index (χ1n) is 11.7. The lowest BCUT2D eigenvalue weighted by molar-refractivity contribution is -0.142. The van der Waals surface area contributed by atoms with Crippen molar-refractivity contribution in [2.24, 2.45) is 11.3 Å². The standard InChI is InChI=1S/C27H34N2O5/c1-17(13-24(30)29-23(25(31)32)14-27(2,3)4)15-28-26(33)34-16-22-20-11-7-5-9-18(20)19-10-6-8-12-21(19)22/h5-12,17,22-23H,13-16H2,1-4H3,(H,28,33)(H,29,30)(H,31,32). The third-order valence-electron chi connectivity index (χ3n) is 5.92. The maximum absolute atomic E-state index is 12.3. The second kappa shape index (κ2) is 10.7. The monoisotopic (exact) mass is 466 g/mol. The molecule has 0 heterocycles. The number of benzene rings is 2. The van der Waals surface area contributed by atoms with Crippen molar-refractivity contribution in [1.29, 1.82) is 0 Å². The minimum atomic E-state index is -1.05. The van der Waals surface area contributed by atoms with Crippen LogP contribution in [0.4, 0.5) is 4.79 Å². The Balaban J connectivity index is 1.46. The van der Waals surface area contributed by atoms with E-state index in [-0.39, 0.29) is 42.7 Å². The third-order valence-corrected chi connectivity index (χ3v) is 5.92. The fourth-order valence-corrected chi connectivity index (χ4v) is 4.36. The number of carbonyl (C=O) groups excluding carboxylic acids is 2. The molecule has 2 aromatic rings. The number of carbonyl (C=O) groups is 3. The number of ether oxygens (including phenoxy) is 1. The topological polar surface area (TPSA) is 105 Å². The van der Waals surface area contributed by atoms with Gasteiger partial charge >= 0.3 is 12.1 Å². The summed E-state index contributed by atoms with van der Waals surface area (Å²) < 4.78 is 5.52. The van der Waals surface area contributed by atoms with Crippen LogP contribution in [-0.4, -0.2) is 42.3 Å². The summed E-state index contributed by atoms with van der Waals surface area (Å²) in [6, 6.07) is 15.3. The Morgan fingerprint density at radius 3 is 2.09 bits per heavy atom. The van der Waals surface area contributed by atoms with E-state index in [2.05, 4.69) is 34.9 Å². The van der Waals surface area contributed by atoms with Crippen LogP contribution in [0.3, 0.4) is 0 Å². The van der Waals surface area contributed by atoms with Gasteiger partial charge in [-0.15, -0.1) is 0 Å². The summed E-state index contributed by atoms with van der Waals surface area (Å²) in [7, 11) is 0. The molecular weight excluding hydrogens is 432 g/mol. The van der Waals surface area contributed by atoms with Crippen molar-refractivity contribution in [3.05, 3.63) is 59.7 Å². The summed E-state index contributed by atoms with van der Waals surface area (Å²) in [5.74, 6) is -1.59. The minimum absolute atomic E-state index is 0.0166. The summed E-state index contributed by atoms with van der Waals surface area (Å²) in [6.45, 7) is 8.08. The summed E-state index contributed by atoms with van der Waals surface area (Å²) in [5.41, 5.74) is 4.39. The number of amides is 2. The predicted octanol–water partition coefficient (Wildman–Crippen LogP) is 4.56. The molecule has 0 bridgehead atoms. The average molecular weight is 467 g/mol. The molecule has 3 rings (SSSR count). The molecule has 2 atom stereocenters. The van der Waals surface area contributed by atoms with Crippen molar-refractivity contribution in [3.8, 4) is 11.1 Å². The second-order valence-corrected chi connectivity index (χ2v) is 10.2. The van der Waals surface area contributed by atoms with E-state index in [1.165, 1.54) is 0 Å². The highest BCUT2D eigenvalue weighted by Gasteiger charge is 2.29. The van der Waals surface area contributed by atoms with Gasteiger partial charge < -0.3 is 20.5 Å². The van der Waals surface area contributed by atoms with Gasteiger partial charge in [0.15, 0.2) is 0 Å². The number of nitrogens with one attached hydrogen (secondary N) is 2. The van der Waals surface area contributed by atoms with E-state index in [0.717, 1.165) is 22.3 Å². The summed E-state index contributed by atoms with van der Waals surface area (Å²) in [5, 5.41) is 14.7. The maximum Gasteiger partial charge on any atom is 0.407 e. The Bertz CT molecular complexity index is 998. The molecule has 3 N–H and O–H groups in total. The Kier molecular flexibility index (Phi) is 7.97. The lowest BCUT2D eigenvalue weighted by Crippen LogP contribution is -2.44. The third kappa shape index (κ3) is 6.59. The lowest BCUT2D eigenvalue weighted by atomic mass is 9.88. The summed E-state index contributed by atoms with van der Waals surface area (Å²) in [4.78, 5) is 36.1. The quantitative estimate of drug-likeness (QED) is 0.503. The van der Waals surface area contributed by atoms with Gasteiger partial charge in [-0.3, -0.25) is 4.79 Å². The number of hydrogen-bond donors (Lipinski definition) is 3. The van der Waals surface area contributed by atoms with E-state index >= 15 is 0 Å². The molecule has 0 spiro atoms. The van der Waals surface area contributed by atoms with E-state index < -0.39 is 18.1 Å². The van der Waals surface area contributed by atoms with Crippen LogP contribution in [0.25, 0.3) is 11.1 Å².